The van der Waals surface area contributed by atoms with Gasteiger partial charge in [-0.05, 0) is 12.5 Å². The normalized spacial score (nSPS) is 11.9. The molecule has 0 aliphatic rings. The van der Waals surface area contributed by atoms with Crippen molar-refractivity contribution in [3.63, 3.8) is 0 Å². The number of carboxylic acids is 1. The number of benzene rings is 1. The van der Waals surface area contributed by atoms with Crippen LogP contribution in [-0.2, 0) is 16.1 Å². The Balaban J connectivity index is 1.99. The number of aryl methyl sites for hydroxylation is 2. The first-order chi connectivity index (χ1) is 10.1. The number of nitrogens with one attached hydrogen (secondary N) is 1. The first-order valence-electron chi connectivity index (χ1n) is 6.47. The van der Waals surface area contributed by atoms with Gasteiger partial charge < -0.3 is 15.0 Å². The summed E-state index contributed by atoms with van der Waals surface area (Å²) in [6, 6.07) is 6.03. The summed E-state index contributed by atoms with van der Waals surface area (Å²) in [4.78, 5) is 23.2. The Morgan fingerprint density at radius 1 is 1.33 bits per heavy atom. The second-order valence-electron chi connectivity index (χ2n) is 4.70. The van der Waals surface area contributed by atoms with Crippen LogP contribution in [0.3, 0.4) is 0 Å². The van der Waals surface area contributed by atoms with E-state index in [2.05, 4.69) is 15.5 Å². The zero-order chi connectivity index (χ0) is 15.2. The number of hydrogen-bond acceptors (Lipinski definition) is 4. The number of aliphatic carboxylic acids is 1. The van der Waals surface area contributed by atoms with Gasteiger partial charge in [0.05, 0.1) is 0 Å². The maximum absolute atomic E-state index is 11.9. The van der Waals surface area contributed by atoms with E-state index in [1.54, 1.807) is 22.8 Å². The van der Waals surface area contributed by atoms with Crippen LogP contribution in [0.25, 0.3) is 0 Å². The molecule has 1 atom stereocenters. The standard InChI is InChI=1S/C14H16N4O3/c1-10-3-2-4-11(7-10)13(14(20)21)17-12(19)5-6-18-8-15-16-9-18/h2-4,7-9,13H,5-6H2,1H3,(H,17,19)(H,20,21)/t13-/m0/s1. The predicted molar refractivity (Wildman–Crippen MR) is 74.3 cm³/mol. The van der Waals surface area contributed by atoms with Crippen LogP contribution in [0.2, 0.25) is 0 Å². The highest BCUT2D eigenvalue weighted by Gasteiger charge is 2.21. The molecule has 0 radical (unpaired) electrons. The van der Waals surface area contributed by atoms with E-state index in [9.17, 15) is 14.7 Å². The second kappa shape index (κ2) is 6.65. The van der Waals surface area contributed by atoms with E-state index in [1.165, 1.54) is 12.7 Å². The first kappa shape index (κ1) is 14.7. The molecule has 1 heterocycles. The van der Waals surface area contributed by atoms with Crippen molar-refractivity contribution in [2.75, 3.05) is 0 Å². The Kier molecular flexibility index (Phi) is 4.65. The molecule has 1 aromatic heterocycles. The van der Waals surface area contributed by atoms with E-state index in [0.29, 0.717) is 12.1 Å². The number of hydrogen-bond donors (Lipinski definition) is 2. The summed E-state index contributed by atoms with van der Waals surface area (Å²) in [5, 5.41) is 19.1. The molecule has 7 nitrogen and oxygen atoms in total. The lowest BCUT2D eigenvalue weighted by Gasteiger charge is -2.15. The molecule has 0 saturated carbocycles. The number of rotatable bonds is 6. The van der Waals surface area contributed by atoms with E-state index >= 15 is 0 Å². The summed E-state index contributed by atoms with van der Waals surface area (Å²) in [6.45, 7) is 2.27. The average Bonchev–Trinajstić information content (AvgIpc) is 2.95. The van der Waals surface area contributed by atoms with Crippen LogP contribution in [0.4, 0.5) is 0 Å². The van der Waals surface area contributed by atoms with Crippen molar-refractivity contribution in [3.05, 3.63) is 48.0 Å². The van der Waals surface area contributed by atoms with Crippen LogP contribution >= 0.6 is 0 Å². The molecule has 1 amide bonds. The molecule has 110 valence electrons. The molecule has 2 N–H and O–H groups in total. The van der Waals surface area contributed by atoms with Gasteiger partial charge in [-0.2, -0.15) is 0 Å². The molecule has 0 saturated heterocycles. The van der Waals surface area contributed by atoms with Gasteiger partial charge in [-0.25, -0.2) is 4.79 Å². The zero-order valence-electron chi connectivity index (χ0n) is 11.6. The van der Waals surface area contributed by atoms with E-state index in [1.807, 2.05) is 13.0 Å². The third-order valence-electron chi connectivity index (χ3n) is 2.99. The predicted octanol–water partition coefficient (Wildman–Crippen LogP) is 0.919. The second-order valence-corrected chi connectivity index (χ2v) is 4.70. The number of carbonyl (C=O) groups excluding carboxylic acids is 1. The van der Waals surface area contributed by atoms with Crippen LogP contribution in [0.1, 0.15) is 23.6 Å². The van der Waals surface area contributed by atoms with Crippen molar-refractivity contribution in [2.45, 2.75) is 25.9 Å². The Morgan fingerprint density at radius 2 is 2.05 bits per heavy atom. The Morgan fingerprint density at radius 3 is 2.67 bits per heavy atom. The molecular formula is C14H16N4O3. The largest absolute Gasteiger partial charge is 0.479 e. The van der Waals surface area contributed by atoms with Crippen molar-refractivity contribution in [3.8, 4) is 0 Å². The molecule has 0 aliphatic carbocycles. The van der Waals surface area contributed by atoms with Gasteiger partial charge in [0.1, 0.15) is 12.7 Å². The van der Waals surface area contributed by atoms with Gasteiger partial charge in [-0.1, -0.05) is 29.8 Å². The van der Waals surface area contributed by atoms with Crippen molar-refractivity contribution >= 4 is 11.9 Å². The summed E-state index contributed by atoms with van der Waals surface area (Å²) >= 11 is 0. The molecule has 1 aromatic carbocycles. The Labute approximate surface area is 121 Å². The fraction of sp³-hybridized carbons (Fsp3) is 0.286. The average molecular weight is 288 g/mol. The lowest BCUT2D eigenvalue weighted by Crippen LogP contribution is -2.34. The molecular weight excluding hydrogens is 272 g/mol. The zero-order valence-corrected chi connectivity index (χ0v) is 11.6. The molecule has 0 fully saturated rings. The molecule has 2 aromatic rings. The minimum atomic E-state index is -1.08. The topological polar surface area (TPSA) is 97.1 Å². The fourth-order valence-corrected chi connectivity index (χ4v) is 1.94. The summed E-state index contributed by atoms with van der Waals surface area (Å²) < 4.78 is 1.65. The van der Waals surface area contributed by atoms with Crippen LogP contribution in [0, 0.1) is 6.92 Å². The Hall–Kier alpha value is -2.70. The number of carbonyl (C=O) groups is 2. The van der Waals surface area contributed by atoms with Gasteiger partial charge in [0.25, 0.3) is 0 Å². The monoisotopic (exact) mass is 288 g/mol. The van der Waals surface area contributed by atoms with Gasteiger partial charge in [-0.3, -0.25) is 4.79 Å². The number of carboxylic acid groups (broad SMARTS) is 1. The van der Waals surface area contributed by atoms with E-state index in [0.717, 1.165) is 5.56 Å². The van der Waals surface area contributed by atoms with Crippen LogP contribution in [-0.4, -0.2) is 31.7 Å². The maximum Gasteiger partial charge on any atom is 0.330 e. The highest BCUT2D eigenvalue weighted by molar-refractivity contribution is 5.84. The van der Waals surface area contributed by atoms with Gasteiger partial charge in [-0.15, -0.1) is 10.2 Å². The minimum Gasteiger partial charge on any atom is -0.479 e. The van der Waals surface area contributed by atoms with Gasteiger partial charge >= 0.3 is 5.97 Å². The van der Waals surface area contributed by atoms with Crippen molar-refractivity contribution in [1.82, 2.24) is 20.1 Å². The molecule has 2 rings (SSSR count). The van der Waals surface area contributed by atoms with E-state index in [-0.39, 0.29) is 12.3 Å². The molecule has 7 heteroatoms. The molecule has 0 aliphatic heterocycles. The van der Waals surface area contributed by atoms with Crippen LogP contribution in [0.5, 0.6) is 0 Å². The minimum absolute atomic E-state index is 0.160. The molecule has 0 bridgehead atoms. The van der Waals surface area contributed by atoms with E-state index in [4.69, 9.17) is 0 Å². The highest BCUT2D eigenvalue weighted by atomic mass is 16.4. The number of aromatic nitrogens is 3. The smallest absolute Gasteiger partial charge is 0.330 e. The molecule has 0 spiro atoms. The van der Waals surface area contributed by atoms with Gasteiger partial charge in [0, 0.05) is 13.0 Å². The van der Waals surface area contributed by atoms with E-state index < -0.39 is 12.0 Å². The van der Waals surface area contributed by atoms with Crippen molar-refractivity contribution < 1.29 is 14.7 Å². The lowest BCUT2D eigenvalue weighted by atomic mass is 10.0. The third kappa shape index (κ3) is 4.13. The maximum atomic E-state index is 11.9. The Bertz CT molecular complexity index is 625. The van der Waals surface area contributed by atoms with Crippen molar-refractivity contribution in [1.29, 1.82) is 0 Å². The highest BCUT2D eigenvalue weighted by Crippen LogP contribution is 2.15. The van der Waals surface area contributed by atoms with Gasteiger partial charge in [0.15, 0.2) is 6.04 Å². The summed E-state index contributed by atoms with van der Waals surface area (Å²) in [6.07, 6.45) is 3.17. The SMILES string of the molecule is Cc1cccc([C@H](NC(=O)CCn2cnnc2)C(=O)O)c1. The van der Waals surface area contributed by atoms with Crippen LogP contribution < -0.4 is 5.32 Å². The summed E-state index contributed by atoms with van der Waals surface area (Å²) in [7, 11) is 0. The number of amides is 1. The quantitative estimate of drug-likeness (QED) is 0.823. The van der Waals surface area contributed by atoms with Crippen molar-refractivity contribution in [2.24, 2.45) is 0 Å². The third-order valence-corrected chi connectivity index (χ3v) is 2.99. The van der Waals surface area contributed by atoms with Crippen LogP contribution in [0.15, 0.2) is 36.9 Å². The summed E-state index contributed by atoms with van der Waals surface area (Å²) in [5.41, 5.74) is 1.50. The summed E-state index contributed by atoms with van der Waals surface area (Å²) in [5.74, 6) is -1.42. The fourth-order valence-electron chi connectivity index (χ4n) is 1.94. The molecule has 0 unspecified atom stereocenters. The molecule has 21 heavy (non-hydrogen) atoms. The van der Waals surface area contributed by atoms with Gasteiger partial charge in [0.2, 0.25) is 5.91 Å². The first-order valence-corrected chi connectivity index (χ1v) is 6.47. The number of nitrogens with zero attached hydrogens (tertiary/aromatic N) is 3. The lowest BCUT2D eigenvalue weighted by molar-refractivity contribution is -0.142.